The Bertz CT molecular complexity index is 383. The predicted molar refractivity (Wildman–Crippen MR) is 53.6 cm³/mol. The van der Waals surface area contributed by atoms with E-state index in [1.54, 1.807) is 12.3 Å². The SMILES string of the molecule is CC(O)C(NC(=O)c1ccc[nH+]c1)C(=O)O.[Cl-]. The van der Waals surface area contributed by atoms with Gasteiger partial charge in [0.1, 0.15) is 5.56 Å². The van der Waals surface area contributed by atoms with E-state index in [9.17, 15) is 14.7 Å². The van der Waals surface area contributed by atoms with Crippen LogP contribution >= 0.6 is 0 Å². The maximum Gasteiger partial charge on any atom is 0.328 e. The van der Waals surface area contributed by atoms with Gasteiger partial charge in [-0.1, -0.05) is 0 Å². The Labute approximate surface area is 104 Å². The lowest BCUT2D eigenvalue weighted by molar-refractivity contribution is -0.378. The van der Waals surface area contributed by atoms with Crippen molar-refractivity contribution in [2.24, 2.45) is 0 Å². The molecule has 0 spiro atoms. The number of carbonyl (C=O) groups is 2. The standard InChI is InChI=1S/C10H12N2O4.ClH/c1-6(13)8(10(15)16)12-9(14)7-3-2-4-11-5-7;/h2-6,8,13H,1H3,(H,12,14)(H,15,16);1H. The number of rotatable bonds is 4. The lowest BCUT2D eigenvalue weighted by atomic mass is 10.1. The van der Waals surface area contributed by atoms with Crippen LogP contribution in [-0.4, -0.2) is 34.2 Å². The Balaban J connectivity index is 0.00000256. The Kier molecular flexibility index (Phi) is 6.16. The summed E-state index contributed by atoms with van der Waals surface area (Å²) in [5, 5.41) is 20.2. The summed E-state index contributed by atoms with van der Waals surface area (Å²) in [6.45, 7) is 1.30. The van der Waals surface area contributed by atoms with Crippen molar-refractivity contribution in [3.63, 3.8) is 0 Å². The molecule has 0 saturated carbocycles. The molecule has 1 heterocycles. The number of carboxylic acids is 1. The number of hydrogen-bond donors (Lipinski definition) is 3. The van der Waals surface area contributed by atoms with Crippen LogP contribution in [0.4, 0.5) is 0 Å². The number of aromatic amines is 1. The Morgan fingerprint density at radius 2 is 2.12 bits per heavy atom. The van der Waals surface area contributed by atoms with Crippen LogP contribution in [0.2, 0.25) is 0 Å². The summed E-state index contributed by atoms with van der Waals surface area (Å²) in [6.07, 6.45) is 1.91. The van der Waals surface area contributed by atoms with E-state index in [1.807, 2.05) is 0 Å². The fourth-order valence-corrected chi connectivity index (χ4v) is 1.15. The van der Waals surface area contributed by atoms with Gasteiger partial charge in [-0.3, -0.25) is 4.79 Å². The van der Waals surface area contributed by atoms with Crippen LogP contribution in [0.3, 0.4) is 0 Å². The number of aliphatic hydroxyl groups is 1. The third-order valence-electron chi connectivity index (χ3n) is 2.00. The summed E-state index contributed by atoms with van der Waals surface area (Å²) in [6, 6.07) is 1.84. The van der Waals surface area contributed by atoms with Crippen molar-refractivity contribution in [3.8, 4) is 0 Å². The lowest BCUT2D eigenvalue weighted by Crippen LogP contribution is -3.00. The highest BCUT2D eigenvalue weighted by molar-refractivity contribution is 5.96. The molecule has 1 aromatic heterocycles. The van der Waals surface area contributed by atoms with Crippen LogP contribution in [0, 0.1) is 0 Å². The maximum atomic E-state index is 11.6. The van der Waals surface area contributed by atoms with Crippen LogP contribution in [0.1, 0.15) is 17.3 Å². The number of aromatic nitrogens is 1. The Hall–Kier alpha value is -1.66. The van der Waals surface area contributed by atoms with Crippen LogP contribution in [0.15, 0.2) is 24.5 Å². The van der Waals surface area contributed by atoms with Crippen molar-refractivity contribution in [2.45, 2.75) is 19.1 Å². The number of amides is 1. The number of aliphatic carboxylic acids is 1. The largest absolute Gasteiger partial charge is 1.00 e. The molecule has 0 fully saturated rings. The average Bonchev–Trinajstić information content (AvgIpc) is 2.25. The number of halogens is 1. The molecule has 1 rings (SSSR count). The summed E-state index contributed by atoms with van der Waals surface area (Å²) in [5.74, 6) is -1.83. The van der Waals surface area contributed by atoms with Gasteiger partial charge in [0.2, 0.25) is 0 Å². The highest BCUT2D eigenvalue weighted by atomic mass is 35.5. The van der Waals surface area contributed by atoms with E-state index in [0.717, 1.165) is 0 Å². The van der Waals surface area contributed by atoms with E-state index in [2.05, 4.69) is 10.3 Å². The van der Waals surface area contributed by atoms with Gasteiger partial charge in [-0.15, -0.1) is 0 Å². The van der Waals surface area contributed by atoms with Crippen molar-refractivity contribution in [3.05, 3.63) is 30.1 Å². The minimum Gasteiger partial charge on any atom is -1.00 e. The second-order valence-corrected chi connectivity index (χ2v) is 3.32. The van der Waals surface area contributed by atoms with Gasteiger partial charge in [0.15, 0.2) is 18.4 Å². The number of aliphatic hydroxyl groups excluding tert-OH is 1. The number of carboxylic acid groups (broad SMARTS) is 1. The van der Waals surface area contributed by atoms with Crippen LogP contribution < -0.4 is 22.7 Å². The van der Waals surface area contributed by atoms with Gasteiger partial charge in [-0.25, -0.2) is 9.78 Å². The number of pyridine rings is 1. The molecule has 7 heteroatoms. The molecule has 0 saturated heterocycles. The molecule has 0 aliphatic carbocycles. The highest BCUT2D eigenvalue weighted by Gasteiger charge is 2.25. The van der Waals surface area contributed by atoms with Crippen LogP contribution in [0.25, 0.3) is 0 Å². The first-order chi connectivity index (χ1) is 7.52. The number of nitrogens with one attached hydrogen (secondary N) is 2. The second-order valence-electron chi connectivity index (χ2n) is 3.32. The van der Waals surface area contributed by atoms with E-state index in [0.29, 0.717) is 5.56 Å². The molecule has 94 valence electrons. The van der Waals surface area contributed by atoms with Crippen LogP contribution in [0.5, 0.6) is 0 Å². The van der Waals surface area contributed by atoms with Gasteiger partial charge in [-0.05, 0) is 13.0 Å². The molecule has 0 aliphatic rings. The summed E-state index contributed by atoms with van der Waals surface area (Å²) in [7, 11) is 0. The van der Waals surface area contributed by atoms with Gasteiger partial charge in [0.05, 0.1) is 6.10 Å². The highest BCUT2D eigenvalue weighted by Crippen LogP contribution is 1.98. The number of H-pyrrole nitrogens is 1. The minimum atomic E-state index is -1.31. The number of hydrogen-bond acceptors (Lipinski definition) is 3. The summed E-state index contributed by atoms with van der Waals surface area (Å²) >= 11 is 0. The summed E-state index contributed by atoms with van der Waals surface area (Å²) in [5.41, 5.74) is 0.300. The molecular formula is C10H13ClN2O4. The molecule has 6 nitrogen and oxygen atoms in total. The van der Waals surface area contributed by atoms with Crippen molar-refractivity contribution >= 4 is 11.9 Å². The molecule has 4 N–H and O–H groups in total. The van der Waals surface area contributed by atoms with Crippen LogP contribution in [-0.2, 0) is 4.79 Å². The first-order valence-electron chi connectivity index (χ1n) is 4.70. The van der Waals surface area contributed by atoms with Crippen molar-refractivity contribution in [1.82, 2.24) is 5.32 Å². The Morgan fingerprint density at radius 3 is 2.53 bits per heavy atom. The van der Waals surface area contributed by atoms with E-state index in [-0.39, 0.29) is 12.4 Å². The van der Waals surface area contributed by atoms with Crippen molar-refractivity contribution in [2.75, 3.05) is 0 Å². The Morgan fingerprint density at radius 1 is 1.47 bits per heavy atom. The summed E-state index contributed by atoms with van der Waals surface area (Å²) < 4.78 is 0. The fraction of sp³-hybridized carbons (Fsp3) is 0.300. The first kappa shape index (κ1) is 15.3. The van der Waals surface area contributed by atoms with Crippen molar-refractivity contribution < 1.29 is 37.2 Å². The number of carbonyl (C=O) groups excluding carboxylic acids is 1. The zero-order chi connectivity index (χ0) is 12.1. The third kappa shape index (κ3) is 4.38. The molecule has 2 atom stereocenters. The van der Waals surface area contributed by atoms with E-state index < -0.39 is 24.0 Å². The summed E-state index contributed by atoms with van der Waals surface area (Å²) in [4.78, 5) is 25.0. The molecule has 2 unspecified atom stereocenters. The molecule has 17 heavy (non-hydrogen) atoms. The molecule has 1 aromatic rings. The van der Waals surface area contributed by atoms with Gasteiger partial charge in [0, 0.05) is 6.07 Å². The fourth-order valence-electron chi connectivity index (χ4n) is 1.15. The molecular weight excluding hydrogens is 248 g/mol. The van der Waals surface area contributed by atoms with Crippen molar-refractivity contribution in [1.29, 1.82) is 0 Å². The van der Waals surface area contributed by atoms with E-state index in [4.69, 9.17) is 5.11 Å². The van der Waals surface area contributed by atoms with E-state index in [1.165, 1.54) is 19.2 Å². The minimum absolute atomic E-state index is 0. The molecule has 0 aromatic carbocycles. The maximum absolute atomic E-state index is 11.6. The normalized spacial score (nSPS) is 13.1. The smallest absolute Gasteiger partial charge is 0.328 e. The zero-order valence-corrected chi connectivity index (χ0v) is 9.81. The molecule has 0 radical (unpaired) electrons. The third-order valence-corrected chi connectivity index (χ3v) is 2.00. The monoisotopic (exact) mass is 260 g/mol. The molecule has 0 aliphatic heterocycles. The quantitative estimate of drug-likeness (QED) is 0.515. The topological polar surface area (TPSA) is 101 Å². The first-order valence-corrected chi connectivity index (χ1v) is 4.70. The molecule has 1 amide bonds. The zero-order valence-electron chi connectivity index (χ0n) is 9.05. The van der Waals surface area contributed by atoms with Gasteiger partial charge in [-0.2, -0.15) is 0 Å². The van der Waals surface area contributed by atoms with Gasteiger partial charge >= 0.3 is 5.97 Å². The van der Waals surface area contributed by atoms with E-state index >= 15 is 0 Å². The lowest BCUT2D eigenvalue weighted by Gasteiger charge is -2.16. The average molecular weight is 261 g/mol. The van der Waals surface area contributed by atoms with Gasteiger partial charge in [0.25, 0.3) is 5.91 Å². The molecule has 0 bridgehead atoms. The van der Waals surface area contributed by atoms with Gasteiger partial charge < -0.3 is 27.9 Å². The second kappa shape index (κ2) is 6.82. The predicted octanol–water partition coefficient (Wildman–Crippen LogP) is -3.93.